The predicted molar refractivity (Wildman–Crippen MR) is 68.6 cm³/mol. The van der Waals surface area contributed by atoms with E-state index in [-0.39, 0.29) is 23.6 Å². The van der Waals surface area contributed by atoms with Gasteiger partial charge >= 0.3 is 0 Å². The molecule has 0 saturated heterocycles. The maximum Gasteiger partial charge on any atom is 0.185 e. The number of nitrogens with two attached hydrogens (primary N) is 1. The van der Waals surface area contributed by atoms with E-state index in [4.69, 9.17) is 5.73 Å². The third-order valence-electron chi connectivity index (χ3n) is 2.07. The highest BCUT2D eigenvalue weighted by atomic mass is 35.5. The molecule has 1 aromatic rings. The van der Waals surface area contributed by atoms with Crippen molar-refractivity contribution in [1.82, 2.24) is 0 Å². The summed E-state index contributed by atoms with van der Waals surface area (Å²) in [6, 6.07) is 10.1. The Labute approximate surface area is 102 Å². The van der Waals surface area contributed by atoms with Gasteiger partial charge in [-0.3, -0.25) is 4.79 Å². The molecule has 0 heterocycles. The molecule has 1 aromatic carbocycles. The number of halogens is 1. The van der Waals surface area contributed by atoms with Gasteiger partial charge in [-0.2, -0.15) is 0 Å². The SMILES string of the molecule is Cl.N[C@@H](CCC(=O)S)Cc1ccccc1. The lowest BCUT2D eigenvalue weighted by atomic mass is 10.0. The number of carbonyl (C=O) groups excluding carboxylic acids is 1. The fourth-order valence-corrected chi connectivity index (χ4v) is 1.46. The molecule has 84 valence electrons. The highest BCUT2D eigenvalue weighted by Gasteiger charge is 2.05. The van der Waals surface area contributed by atoms with E-state index in [1.54, 1.807) is 0 Å². The van der Waals surface area contributed by atoms with E-state index in [0.717, 1.165) is 6.42 Å². The molecule has 0 radical (unpaired) electrons. The van der Waals surface area contributed by atoms with Crippen molar-refractivity contribution in [1.29, 1.82) is 0 Å². The molecule has 1 rings (SSSR count). The summed E-state index contributed by atoms with van der Waals surface area (Å²) >= 11 is 3.70. The van der Waals surface area contributed by atoms with Gasteiger partial charge in [-0.1, -0.05) is 30.3 Å². The lowest BCUT2D eigenvalue weighted by molar-refractivity contribution is -0.110. The van der Waals surface area contributed by atoms with Crippen LogP contribution in [0.1, 0.15) is 18.4 Å². The van der Waals surface area contributed by atoms with E-state index in [1.807, 2.05) is 30.3 Å². The molecular formula is C11H16ClNOS. The third-order valence-corrected chi connectivity index (χ3v) is 2.29. The molecule has 2 nitrogen and oxygen atoms in total. The molecule has 0 aromatic heterocycles. The van der Waals surface area contributed by atoms with Crippen LogP contribution in [-0.4, -0.2) is 11.2 Å². The summed E-state index contributed by atoms with van der Waals surface area (Å²) in [5.41, 5.74) is 7.08. The smallest absolute Gasteiger partial charge is 0.185 e. The average molecular weight is 246 g/mol. The maximum absolute atomic E-state index is 10.6. The summed E-state index contributed by atoms with van der Waals surface area (Å²) in [6.07, 6.45) is 1.98. The zero-order valence-corrected chi connectivity index (χ0v) is 10.1. The lowest BCUT2D eigenvalue weighted by Crippen LogP contribution is -2.23. The van der Waals surface area contributed by atoms with Crippen LogP contribution in [0.15, 0.2) is 30.3 Å². The molecule has 15 heavy (non-hydrogen) atoms. The first-order valence-electron chi connectivity index (χ1n) is 4.70. The summed E-state index contributed by atoms with van der Waals surface area (Å²) in [7, 11) is 0. The zero-order chi connectivity index (χ0) is 10.4. The highest BCUT2D eigenvalue weighted by Crippen LogP contribution is 2.06. The summed E-state index contributed by atoms with van der Waals surface area (Å²) in [5.74, 6) is 0. The monoisotopic (exact) mass is 245 g/mol. The van der Waals surface area contributed by atoms with Gasteiger partial charge in [0.1, 0.15) is 0 Å². The lowest BCUT2D eigenvalue weighted by Gasteiger charge is -2.09. The standard InChI is InChI=1S/C11H15NOS.ClH/c12-10(6-7-11(13)14)8-9-4-2-1-3-5-9;/h1-5,10H,6-8,12H2,(H,13,14);1H/t10-;/m0./s1. The molecular weight excluding hydrogens is 230 g/mol. The minimum absolute atomic E-state index is 0. The normalized spacial score (nSPS) is 11.6. The molecule has 0 fully saturated rings. The molecule has 0 bridgehead atoms. The van der Waals surface area contributed by atoms with Crippen LogP contribution in [0.4, 0.5) is 0 Å². The van der Waals surface area contributed by atoms with Crippen molar-refractivity contribution in [2.75, 3.05) is 0 Å². The predicted octanol–water partition coefficient (Wildman–Crippen LogP) is 2.21. The molecule has 0 aliphatic rings. The average Bonchev–Trinajstić information content (AvgIpc) is 2.16. The van der Waals surface area contributed by atoms with Gasteiger partial charge in [-0.25, -0.2) is 0 Å². The summed E-state index contributed by atoms with van der Waals surface area (Å²) < 4.78 is 0. The van der Waals surface area contributed by atoms with Gasteiger partial charge in [0.2, 0.25) is 0 Å². The molecule has 0 aliphatic carbocycles. The molecule has 2 N–H and O–H groups in total. The van der Waals surface area contributed by atoms with Gasteiger partial charge in [0.15, 0.2) is 5.12 Å². The Hall–Kier alpha value is -0.510. The Morgan fingerprint density at radius 3 is 2.47 bits per heavy atom. The van der Waals surface area contributed by atoms with E-state index >= 15 is 0 Å². The van der Waals surface area contributed by atoms with Crippen molar-refractivity contribution in [3.8, 4) is 0 Å². The number of hydrogen-bond acceptors (Lipinski definition) is 2. The van der Waals surface area contributed by atoms with Gasteiger partial charge in [-0.15, -0.1) is 25.0 Å². The second-order valence-corrected chi connectivity index (χ2v) is 3.88. The van der Waals surface area contributed by atoms with E-state index < -0.39 is 0 Å². The van der Waals surface area contributed by atoms with Crippen molar-refractivity contribution in [3.63, 3.8) is 0 Å². The van der Waals surface area contributed by atoms with E-state index in [2.05, 4.69) is 12.6 Å². The Balaban J connectivity index is 0.00000196. The van der Waals surface area contributed by atoms with E-state index in [1.165, 1.54) is 5.56 Å². The fraction of sp³-hybridized carbons (Fsp3) is 0.364. The van der Waals surface area contributed by atoms with Crippen LogP contribution >= 0.6 is 25.0 Å². The Kier molecular flexibility index (Phi) is 7.48. The van der Waals surface area contributed by atoms with Gasteiger partial charge in [0.25, 0.3) is 0 Å². The topological polar surface area (TPSA) is 43.1 Å². The Bertz CT molecular complexity index is 292. The van der Waals surface area contributed by atoms with Crippen LogP contribution in [0.5, 0.6) is 0 Å². The first kappa shape index (κ1) is 14.5. The fourth-order valence-electron chi connectivity index (χ4n) is 1.33. The van der Waals surface area contributed by atoms with Crippen molar-refractivity contribution in [2.24, 2.45) is 5.73 Å². The molecule has 4 heteroatoms. The Morgan fingerprint density at radius 1 is 1.33 bits per heavy atom. The number of thiol groups is 1. The van der Waals surface area contributed by atoms with Gasteiger partial charge in [0, 0.05) is 12.5 Å². The van der Waals surface area contributed by atoms with Crippen LogP contribution in [0.3, 0.4) is 0 Å². The second kappa shape index (κ2) is 7.74. The van der Waals surface area contributed by atoms with Gasteiger partial charge < -0.3 is 5.73 Å². The maximum atomic E-state index is 10.6. The quantitative estimate of drug-likeness (QED) is 0.782. The largest absolute Gasteiger partial charge is 0.327 e. The van der Waals surface area contributed by atoms with Gasteiger partial charge in [-0.05, 0) is 18.4 Å². The molecule has 0 saturated carbocycles. The van der Waals surface area contributed by atoms with Gasteiger partial charge in [0.05, 0.1) is 0 Å². The van der Waals surface area contributed by atoms with Crippen LogP contribution in [0.2, 0.25) is 0 Å². The highest BCUT2D eigenvalue weighted by molar-refractivity contribution is 7.96. The van der Waals surface area contributed by atoms with Crippen LogP contribution in [0, 0.1) is 0 Å². The van der Waals surface area contributed by atoms with Crippen molar-refractivity contribution in [3.05, 3.63) is 35.9 Å². The van der Waals surface area contributed by atoms with Crippen molar-refractivity contribution in [2.45, 2.75) is 25.3 Å². The van der Waals surface area contributed by atoms with Crippen molar-refractivity contribution < 1.29 is 4.79 Å². The number of carbonyl (C=O) groups is 1. The summed E-state index contributed by atoms with van der Waals surface area (Å²) in [4.78, 5) is 10.6. The minimum Gasteiger partial charge on any atom is -0.327 e. The minimum atomic E-state index is -0.0893. The zero-order valence-electron chi connectivity index (χ0n) is 8.43. The molecule has 0 unspecified atom stereocenters. The number of rotatable bonds is 5. The molecule has 0 spiro atoms. The first-order chi connectivity index (χ1) is 6.68. The van der Waals surface area contributed by atoms with Crippen LogP contribution < -0.4 is 5.73 Å². The molecule has 1 atom stereocenters. The second-order valence-electron chi connectivity index (χ2n) is 3.38. The molecule has 0 amide bonds. The van der Waals surface area contributed by atoms with E-state index in [0.29, 0.717) is 12.8 Å². The summed E-state index contributed by atoms with van der Waals surface area (Å²) in [6.45, 7) is 0. The van der Waals surface area contributed by atoms with E-state index in [9.17, 15) is 4.79 Å². The summed E-state index contributed by atoms with van der Waals surface area (Å²) in [5, 5.41) is -0.0893. The third kappa shape index (κ3) is 6.55. The molecule has 0 aliphatic heterocycles. The van der Waals surface area contributed by atoms with Crippen LogP contribution in [-0.2, 0) is 11.2 Å². The number of hydrogen-bond donors (Lipinski definition) is 2. The number of benzene rings is 1. The first-order valence-corrected chi connectivity index (χ1v) is 5.14. The Morgan fingerprint density at radius 2 is 1.93 bits per heavy atom. The van der Waals surface area contributed by atoms with Crippen LogP contribution in [0.25, 0.3) is 0 Å². The van der Waals surface area contributed by atoms with Crippen molar-refractivity contribution >= 4 is 30.2 Å².